The first-order chi connectivity index (χ1) is 11.5. The van der Waals surface area contributed by atoms with Crippen molar-refractivity contribution < 1.29 is 14.7 Å². The minimum absolute atomic E-state index is 0.0509. The van der Waals surface area contributed by atoms with Crippen molar-refractivity contribution in [3.8, 4) is 0 Å². The predicted molar refractivity (Wildman–Crippen MR) is 91.0 cm³/mol. The Labute approximate surface area is 140 Å². The Balaban J connectivity index is 1.54. The van der Waals surface area contributed by atoms with Crippen molar-refractivity contribution in [3.05, 3.63) is 70.3 Å². The molecule has 5 nitrogen and oxygen atoms in total. The van der Waals surface area contributed by atoms with Crippen molar-refractivity contribution >= 4 is 12.0 Å². The molecule has 2 aromatic carbocycles. The molecule has 124 valence electrons. The average molecular weight is 324 g/mol. The first-order valence-electron chi connectivity index (χ1n) is 7.99. The summed E-state index contributed by atoms with van der Waals surface area (Å²) in [6, 6.07) is 12.7. The zero-order chi connectivity index (χ0) is 17.1. The van der Waals surface area contributed by atoms with Gasteiger partial charge in [0.2, 0.25) is 0 Å². The van der Waals surface area contributed by atoms with Gasteiger partial charge in [-0.3, -0.25) is 0 Å². The molecule has 0 aromatic heterocycles. The number of hydrogen-bond donors (Lipinski definition) is 3. The number of amides is 2. The lowest BCUT2D eigenvalue weighted by atomic mass is 10.1. The normalized spacial score (nSPS) is 15.6. The molecule has 1 aliphatic rings. The van der Waals surface area contributed by atoms with Gasteiger partial charge in [0.15, 0.2) is 0 Å². The van der Waals surface area contributed by atoms with E-state index in [0.29, 0.717) is 6.54 Å². The van der Waals surface area contributed by atoms with Crippen molar-refractivity contribution in [2.45, 2.75) is 32.4 Å². The van der Waals surface area contributed by atoms with Crippen LogP contribution >= 0.6 is 0 Å². The molecule has 5 heteroatoms. The molecular weight excluding hydrogens is 304 g/mol. The van der Waals surface area contributed by atoms with Gasteiger partial charge in [0.1, 0.15) is 0 Å². The van der Waals surface area contributed by atoms with Crippen LogP contribution in [0, 0.1) is 6.92 Å². The number of nitrogens with one attached hydrogen (secondary N) is 2. The first kappa shape index (κ1) is 16.1. The molecule has 0 fully saturated rings. The van der Waals surface area contributed by atoms with Crippen LogP contribution in [-0.4, -0.2) is 17.1 Å². The summed E-state index contributed by atoms with van der Waals surface area (Å²) >= 11 is 0. The van der Waals surface area contributed by atoms with Gasteiger partial charge in [-0.1, -0.05) is 35.9 Å². The van der Waals surface area contributed by atoms with Crippen LogP contribution < -0.4 is 10.6 Å². The van der Waals surface area contributed by atoms with E-state index in [2.05, 4.69) is 35.8 Å². The Morgan fingerprint density at radius 2 is 1.92 bits per heavy atom. The number of hydrogen-bond acceptors (Lipinski definition) is 2. The highest BCUT2D eigenvalue weighted by Gasteiger charge is 2.23. The van der Waals surface area contributed by atoms with Gasteiger partial charge in [0.05, 0.1) is 11.6 Å². The molecule has 3 rings (SSSR count). The number of rotatable bonds is 4. The number of benzene rings is 2. The number of carbonyl (C=O) groups excluding carboxylic acids is 1. The van der Waals surface area contributed by atoms with Crippen LogP contribution in [-0.2, 0) is 13.0 Å². The van der Waals surface area contributed by atoms with Gasteiger partial charge in [-0.2, -0.15) is 0 Å². The summed E-state index contributed by atoms with van der Waals surface area (Å²) in [6.45, 7) is 2.43. The van der Waals surface area contributed by atoms with Crippen LogP contribution in [0.2, 0.25) is 0 Å². The molecule has 1 atom stereocenters. The zero-order valence-corrected chi connectivity index (χ0v) is 13.5. The largest absolute Gasteiger partial charge is 0.478 e. The molecule has 2 amide bonds. The molecule has 0 bridgehead atoms. The fourth-order valence-electron chi connectivity index (χ4n) is 3.05. The molecule has 0 radical (unpaired) electrons. The van der Waals surface area contributed by atoms with E-state index in [1.165, 1.54) is 28.8 Å². The number of aromatic carboxylic acids is 1. The minimum atomic E-state index is -0.956. The van der Waals surface area contributed by atoms with E-state index < -0.39 is 5.97 Å². The molecule has 0 saturated heterocycles. The van der Waals surface area contributed by atoms with Crippen molar-refractivity contribution in [2.24, 2.45) is 0 Å². The van der Waals surface area contributed by atoms with Crippen LogP contribution in [0.1, 0.15) is 45.1 Å². The van der Waals surface area contributed by atoms with E-state index in [0.717, 1.165) is 18.4 Å². The Morgan fingerprint density at radius 1 is 1.17 bits per heavy atom. The summed E-state index contributed by atoms with van der Waals surface area (Å²) in [5.74, 6) is -0.956. The smallest absolute Gasteiger partial charge is 0.335 e. The van der Waals surface area contributed by atoms with E-state index in [9.17, 15) is 9.59 Å². The maximum atomic E-state index is 12.1. The summed E-state index contributed by atoms with van der Waals surface area (Å²) in [5, 5.41) is 14.7. The van der Waals surface area contributed by atoms with Gasteiger partial charge < -0.3 is 15.7 Å². The Kier molecular flexibility index (Phi) is 4.51. The van der Waals surface area contributed by atoms with Gasteiger partial charge in [0, 0.05) is 6.54 Å². The van der Waals surface area contributed by atoms with Crippen LogP contribution in [0.15, 0.2) is 42.5 Å². The van der Waals surface area contributed by atoms with Crippen molar-refractivity contribution in [1.29, 1.82) is 0 Å². The summed E-state index contributed by atoms with van der Waals surface area (Å²) in [7, 11) is 0. The summed E-state index contributed by atoms with van der Waals surface area (Å²) in [6.07, 6.45) is 1.90. The molecule has 0 aliphatic heterocycles. The third kappa shape index (κ3) is 3.56. The molecule has 1 unspecified atom stereocenters. The van der Waals surface area contributed by atoms with Crippen molar-refractivity contribution in [1.82, 2.24) is 10.6 Å². The third-order valence-electron chi connectivity index (χ3n) is 4.34. The number of urea groups is 1. The SMILES string of the molecule is Cc1ccc2c(c1)CCC2NC(=O)NCc1ccc(C(=O)O)cc1. The lowest BCUT2D eigenvalue weighted by Gasteiger charge is -2.15. The minimum Gasteiger partial charge on any atom is -0.478 e. The number of carboxylic acids is 1. The molecule has 24 heavy (non-hydrogen) atoms. The Hall–Kier alpha value is -2.82. The zero-order valence-electron chi connectivity index (χ0n) is 13.5. The summed E-state index contributed by atoms with van der Waals surface area (Å²) in [4.78, 5) is 22.9. The standard InChI is InChI=1S/C19H20N2O3/c1-12-2-8-16-15(10-12)7-9-17(16)21-19(24)20-11-13-3-5-14(6-4-13)18(22)23/h2-6,8,10,17H,7,9,11H2,1H3,(H,22,23)(H2,20,21,24). The number of carbonyl (C=O) groups is 2. The van der Waals surface area contributed by atoms with Crippen molar-refractivity contribution in [3.63, 3.8) is 0 Å². The maximum absolute atomic E-state index is 12.1. The van der Waals surface area contributed by atoms with E-state index in [1.807, 2.05) is 0 Å². The highest BCUT2D eigenvalue weighted by molar-refractivity contribution is 5.87. The topological polar surface area (TPSA) is 78.4 Å². The van der Waals surface area contributed by atoms with Gasteiger partial charge in [0.25, 0.3) is 0 Å². The molecule has 2 aromatic rings. The quantitative estimate of drug-likeness (QED) is 0.808. The van der Waals surface area contributed by atoms with Crippen LogP contribution in [0.3, 0.4) is 0 Å². The molecular formula is C19H20N2O3. The molecule has 0 saturated carbocycles. The Morgan fingerprint density at radius 3 is 2.62 bits per heavy atom. The monoisotopic (exact) mass is 324 g/mol. The first-order valence-corrected chi connectivity index (χ1v) is 7.99. The second-order valence-electron chi connectivity index (χ2n) is 6.12. The number of aryl methyl sites for hydroxylation is 2. The molecule has 3 N–H and O–H groups in total. The van der Waals surface area contributed by atoms with Gasteiger partial charge in [-0.05, 0) is 48.6 Å². The van der Waals surface area contributed by atoms with E-state index in [-0.39, 0.29) is 17.6 Å². The van der Waals surface area contributed by atoms with Crippen molar-refractivity contribution in [2.75, 3.05) is 0 Å². The predicted octanol–water partition coefficient (Wildman–Crippen LogP) is 3.18. The highest BCUT2D eigenvalue weighted by atomic mass is 16.4. The second kappa shape index (κ2) is 6.74. The highest BCUT2D eigenvalue weighted by Crippen LogP contribution is 2.31. The van der Waals surface area contributed by atoms with E-state index >= 15 is 0 Å². The second-order valence-corrected chi connectivity index (χ2v) is 6.12. The summed E-state index contributed by atoms with van der Waals surface area (Å²) < 4.78 is 0. The van der Waals surface area contributed by atoms with E-state index in [1.54, 1.807) is 12.1 Å². The number of carboxylic acid groups (broad SMARTS) is 1. The molecule has 0 heterocycles. The molecule has 0 spiro atoms. The van der Waals surface area contributed by atoms with E-state index in [4.69, 9.17) is 5.11 Å². The van der Waals surface area contributed by atoms with Gasteiger partial charge in [-0.15, -0.1) is 0 Å². The fourth-order valence-corrected chi connectivity index (χ4v) is 3.05. The van der Waals surface area contributed by atoms with Crippen LogP contribution in [0.5, 0.6) is 0 Å². The fraction of sp³-hybridized carbons (Fsp3) is 0.263. The maximum Gasteiger partial charge on any atom is 0.335 e. The molecule has 1 aliphatic carbocycles. The number of fused-ring (bicyclic) bond motifs is 1. The summed E-state index contributed by atoms with van der Waals surface area (Å²) in [5.41, 5.74) is 4.84. The Bertz CT molecular complexity index is 769. The van der Waals surface area contributed by atoms with Crippen LogP contribution in [0.4, 0.5) is 4.79 Å². The lowest BCUT2D eigenvalue weighted by Crippen LogP contribution is -2.36. The van der Waals surface area contributed by atoms with Crippen LogP contribution in [0.25, 0.3) is 0 Å². The third-order valence-corrected chi connectivity index (χ3v) is 4.34. The lowest BCUT2D eigenvalue weighted by molar-refractivity contribution is 0.0697. The average Bonchev–Trinajstić information content (AvgIpc) is 2.95. The van der Waals surface area contributed by atoms with Gasteiger partial charge >= 0.3 is 12.0 Å². The van der Waals surface area contributed by atoms with Gasteiger partial charge in [-0.25, -0.2) is 9.59 Å².